The lowest BCUT2D eigenvalue weighted by Gasteiger charge is -2.37. The monoisotopic (exact) mass is 649 g/mol. The van der Waals surface area contributed by atoms with E-state index in [4.69, 9.17) is 28.2 Å². The first kappa shape index (κ1) is 33.7. The van der Waals surface area contributed by atoms with Gasteiger partial charge in [0.25, 0.3) is 5.91 Å². The number of imidazole rings is 1. The fraction of sp³-hybridized carbons (Fsp3) is 0.290. The molecule has 2 N–H and O–H groups in total. The summed E-state index contributed by atoms with van der Waals surface area (Å²) in [7, 11) is 0. The van der Waals surface area contributed by atoms with E-state index in [2.05, 4.69) is 15.1 Å². The highest BCUT2D eigenvalue weighted by molar-refractivity contribution is 6.43. The van der Waals surface area contributed by atoms with Crippen molar-refractivity contribution in [3.05, 3.63) is 99.8 Å². The van der Waals surface area contributed by atoms with Crippen LogP contribution in [0.5, 0.6) is 0 Å². The number of halogens is 4. The Hall–Kier alpha value is -2.78. The number of carbonyl (C=O) groups excluding carboxylic acids is 1. The average Bonchev–Trinajstić information content (AvgIpc) is 3.31. The number of nitrogens with zero attached hydrogens (tertiary/aromatic N) is 4. The van der Waals surface area contributed by atoms with Crippen LogP contribution in [-0.4, -0.2) is 70.8 Å². The van der Waals surface area contributed by atoms with Gasteiger partial charge in [-0.25, -0.2) is 4.98 Å². The standard InChI is InChI=1S/C31H33Cl2N5O2.2ClH/c1-21-11-13-24(14-12-21)38-22(2)29(35-30(38)23-7-4-3-5-8-23)31(40)34-19-25(39)20-36-15-17-37(18-16-36)27-10-6-9-26(32)28(27)33;;/h3-14,25,39H,15-20H2,1-2H3,(H,34,40);2*1H. The van der Waals surface area contributed by atoms with Crippen LogP contribution in [0.15, 0.2) is 72.8 Å². The molecule has 224 valence electrons. The van der Waals surface area contributed by atoms with E-state index in [0.717, 1.165) is 54.4 Å². The minimum atomic E-state index is -0.710. The number of amides is 1. The molecule has 0 radical (unpaired) electrons. The molecule has 0 bridgehead atoms. The number of aliphatic hydroxyl groups is 1. The molecule has 4 aromatic rings. The average molecular weight is 651 g/mol. The molecule has 0 saturated carbocycles. The number of β-amino-alcohol motifs (C(OH)–C–C–N with tert-alkyl or cyclic N) is 1. The van der Waals surface area contributed by atoms with Crippen LogP contribution in [0.1, 0.15) is 21.7 Å². The van der Waals surface area contributed by atoms with Crippen LogP contribution in [0.4, 0.5) is 5.69 Å². The number of benzene rings is 3. The van der Waals surface area contributed by atoms with E-state index >= 15 is 0 Å². The molecule has 1 aliphatic rings. The van der Waals surface area contributed by atoms with Crippen molar-refractivity contribution in [2.45, 2.75) is 20.0 Å². The number of carbonyl (C=O) groups is 1. The van der Waals surface area contributed by atoms with Gasteiger partial charge in [-0.3, -0.25) is 14.3 Å². The van der Waals surface area contributed by atoms with E-state index in [1.807, 2.05) is 85.1 Å². The van der Waals surface area contributed by atoms with E-state index < -0.39 is 6.10 Å². The van der Waals surface area contributed by atoms with Crippen LogP contribution < -0.4 is 10.2 Å². The first-order valence-corrected chi connectivity index (χ1v) is 14.2. The predicted molar refractivity (Wildman–Crippen MR) is 176 cm³/mol. The summed E-state index contributed by atoms with van der Waals surface area (Å²) in [6, 6.07) is 23.6. The second-order valence-electron chi connectivity index (χ2n) is 10.1. The lowest BCUT2D eigenvalue weighted by Crippen LogP contribution is -2.50. The normalized spacial score (nSPS) is 14.1. The van der Waals surface area contributed by atoms with Crippen molar-refractivity contribution in [1.82, 2.24) is 19.8 Å². The summed E-state index contributed by atoms with van der Waals surface area (Å²) in [5.41, 5.74) is 5.03. The van der Waals surface area contributed by atoms with Gasteiger partial charge in [0.15, 0.2) is 0 Å². The summed E-state index contributed by atoms with van der Waals surface area (Å²) < 4.78 is 2.01. The van der Waals surface area contributed by atoms with Gasteiger partial charge in [-0.2, -0.15) is 0 Å². The molecule has 1 unspecified atom stereocenters. The second-order valence-corrected chi connectivity index (χ2v) is 10.9. The van der Waals surface area contributed by atoms with Gasteiger partial charge < -0.3 is 15.3 Å². The van der Waals surface area contributed by atoms with E-state index in [1.165, 1.54) is 0 Å². The first-order chi connectivity index (χ1) is 19.3. The van der Waals surface area contributed by atoms with Gasteiger partial charge in [0, 0.05) is 50.5 Å². The first-order valence-electron chi connectivity index (χ1n) is 13.4. The van der Waals surface area contributed by atoms with E-state index in [-0.39, 0.29) is 37.3 Å². The van der Waals surface area contributed by atoms with Crippen LogP contribution in [0.3, 0.4) is 0 Å². The van der Waals surface area contributed by atoms with Crippen molar-refractivity contribution in [1.29, 1.82) is 0 Å². The van der Waals surface area contributed by atoms with Gasteiger partial charge in [0.2, 0.25) is 0 Å². The summed E-state index contributed by atoms with van der Waals surface area (Å²) in [5, 5.41) is 14.7. The molecule has 0 spiro atoms. The Kier molecular flexibility index (Phi) is 12.1. The zero-order valence-corrected chi connectivity index (χ0v) is 26.6. The van der Waals surface area contributed by atoms with Crippen molar-refractivity contribution in [3.63, 3.8) is 0 Å². The SMILES string of the molecule is Cc1ccc(-n2c(-c3ccccc3)nc(C(=O)NCC(O)CN3CCN(c4cccc(Cl)c4Cl)CC3)c2C)cc1.Cl.Cl. The lowest BCUT2D eigenvalue weighted by molar-refractivity contribution is 0.0847. The van der Waals surface area contributed by atoms with Gasteiger partial charge in [-0.1, -0.05) is 77.3 Å². The maximum atomic E-state index is 13.3. The minimum absolute atomic E-state index is 0. The number of hydrogen-bond donors (Lipinski definition) is 2. The quantitative estimate of drug-likeness (QED) is 0.237. The van der Waals surface area contributed by atoms with Crippen molar-refractivity contribution in [2.24, 2.45) is 0 Å². The number of hydrogen-bond acceptors (Lipinski definition) is 5. The third-order valence-corrected chi connectivity index (χ3v) is 8.07. The largest absolute Gasteiger partial charge is 0.390 e. The highest BCUT2D eigenvalue weighted by atomic mass is 35.5. The van der Waals surface area contributed by atoms with Gasteiger partial charge in [0.1, 0.15) is 11.5 Å². The highest BCUT2D eigenvalue weighted by Crippen LogP contribution is 2.33. The fourth-order valence-electron chi connectivity index (χ4n) is 5.07. The number of anilines is 1. The molecule has 1 saturated heterocycles. The molecule has 0 aliphatic carbocycles. The molecular formula is C31H35Cl4N5O2. The zero-order valence-electron chi connectivity index (χ0n) is 23.5. The summed E-state index contributed by atoms with van der Waals surface area (Å²) in [4.78, 5) is 22.4. The third-order valence-electron chi connectivity index (χ3n) is 7.26. The Morgan fingerprint density at radius 1 is 0.929 bits per heavy atom. The minimum Gasteiger partial charge on any atom is -0.390 e. The number of nitrogens with one attached hydrogen (secondary N) is 1. The van der Waals surface area contributed by atoms with E-state index in [1.54, 1.807) is 6.07 Å². The van der Waals surface area contributed by atoms with Gasteiger partial charge in [-0.05, 0) is 38.1 Å². The molecule has 42 heavy (non-hydrogen) atoms. The van der Waals surface area contributed by atoms with E-state index in [9.17, 15) is 9.90 Å². The molecule has 7 nitrogen and oxygen atoms in total. The summed E-state index contributed by atoms with van der Waals surface area (Å²) in [6.07, 6.45) is -0.710. The second kappa shape index (κ2) is 15.1. The van der Waals surface area contributed by atoms with Crippen molar-refractivity contribution < 1.29 is 9.90 Å². The lowest BCUT2D eigenvalue weighted by atomic mass is 10.2. The van der Waals surface area contributed by atoms with Crippen LogP contribution in [0, 0.1) is 13.8 Å². The Morgan fingerprint density at radius 2 is 1.60 bits per heavy atom. The summed E-state index contributed by atoms with van der Waals surface area (Å²) in [5.74, 6) is 0.394. The Balaban J connectivity index is 0.00000242. The van der Waals surface area contributed by atoms with Crippen molar-refractivity contribution in [3.8, 4) is 17.1 Å². The topological polar surface area (TPSA) is 73.6 Å². The van der Waals surface area contributed by atoms with Crippen molar-refractivity contribution in [2.75, 3.05) is 44.2 Å². The van der Waals surface area contributed by atoms with Crippen LogP contribution in [0.2, 0.25) is 10.0 Å². The van der Waals surface area contributed by atoms with Gasteiger partial charge in [-0.15, -0.1) is 24.8 Å². The van der Waals surface area contributed by atoms with Gasteiger partial charge >= 0.3 is 0 Å². The van der Waals surface area contributed by atoms with Crippen LogP contribution in [0.25, 0.3) is 17.1 Å². The highest BCUT2D eigenvalue weighted by Gasteiger charge is 2.24. The molecule has 1 amide bonds. The number of piperazine rings is 1. The molecule has 5 rings (SSSR count). The molecule has 1 atom stereocenters. The Bertz CT molecular complexity index is 1470. The molecule has 2 heterocycles. The van der Waals surface area contributed by atoms with Crippen LogP contribution in [-0.2, 0) is 0 Å². The molecule has 1 aliphatic heterocycles. The molecule has 1 aromatic heterocycles. The van der Waals surface area contributed by atoms with Gasteiger partial charge in [0.05, 0.1) is 27.5 Å². The maximum Gasteiger partial charge on any atom is 0.271 e. The molecule has 3 aromatic carbocycles. The van der Waals surface area contributed by atoms with E-state index in [0.29, 0.717) is 28.1 Å². The molecule has 1 fully saturated rings. The molecular weight excluding hydrogens is 616 g/mol. The third kappa shape index (κ3) is 7.59. The fourth-order valence-corrected chi connectivity index (χ4v) is 5.49. The Morgan fingerprint density at radius 3 is 2.26 bits per heavy atom. The number of aromatic nitrogens is 2. The van der Waals surface area contributed by atoms with Crippen molar-refractivity contribution >= 4 is 59.6 Å². The predicted octanol–water partition coefficient (Wildman–Crippen LogP) is 6.22. The zero-order chi connectivity index (χ0) is 28.2. The number of aliphatic hydroxyl groups excluding tert-OH is 1. The number of aryl methyl sites for hydroxylation is 1. The maximum absolute atomic E-state index is 13.3. The molecule has 11 heteroatoms. The summed E-state index contributed by atoms with van der Waals surface area (Å²) in [6.45, 7) is 7.63. The Labute approximate surface area is 269 Å². The summed E-state index contributed by atoms with van der Waals surface area (Å²) >= 11 is 12.6. The smallest absolute Gasteiger partial charge is 0.271 e. The number of rotatable bonds is 8. The van der Waals surface area contributed by atoms with Crippen LogP contribution >= 0.6 is 48.0 Å².